The molecular weight excluding hydrogens is 324 g/mol. The number of carbonyl (C=O) groups excluding carboxylic acids is 2. The van der Waals surface area contributed by atoms with Crippen LogP contribution in [-0.4, -0.2) is 24.4 Å². The molecule has 2 rings (SSSR count). The number of hydrogen-bond acceptors (Lipinski definition) is 2. The first-order valence-corrected chi connectivity index (χ1v) is 9.11. The lowest BCUT2D eigenvalue weighted by Crippen LogP contribution is -2.38. The first kappa shape index (κ1) is 18.8. The monoisotopic (exact) mass is 350 g/mol. The molecule has 2 atom stereocenters. The van der Waals surface area contributed by atoms with Crippen LogP contribution in [0.15, 0.2) is 24.3 Å². The fourth-order valence-electron chi connectivity index (χ4n) is 3.02. The van der Waals surface area contributed by atoms with Crippen molar-refractivity contribution in [1.29, 1.82) is 0 Å². The second-order valence-electron chi connectivity index (χ2n) is 7.12. The summed E-state index contributed by atoms with van der Waals surface area (Å²) in [6, 6.07) is 7.29. The predicted octanol–water partition coefficient (Wildman–Crippen LogP) is 4.02. The zero-order chi connectivity index (χ0) is 17.7. The summed E-state index contributed by atoms with van der Waals surface area (Å²) in [7, 11) is 0. The van der Waals surface area contributed by atoms with E-state index in [1.54, 1.807) is 17.0 Å². The fraction of sp³-hybridized carbons (Fsp3) is 0.579. The van der Waals surface area contributed by atoms with Crippen LogP contribution in [0.3, 0.4) is 0 Å². The minimum absolute atomic E-state index is 0.00932. The molecule has 0 bridgehead atoms. The Morgan fingerprint density at radius 3 is 2.54 bits per heavy atom. The summed E-state index contributed by atoms with van der Waals surface area (Å²) in [6.07, 6.45) is 3.53. The van der Waals surface area contributed by atoms with Gasteiger partial charge in [0.05, 0.1) is 5.92 Å². The molecule has 132 valence electrons. The zero-order valence-electron chi connectivity index (χ0n) is 14.7. The van der Waals surface area contributed by atoms with Gasteiger partial charge in [-0.15, -0.1) is 0 Å². The average molecular weight is 351 g/mol. The lowest BCUT2D eigenvalue weighted by atomic mass is 10.0. The van der Waals surface area contributed by atoms with Gasteiger partial charge in [-0.25, -0.2) is 0 Å². The van der Waals surface area contributed by atoms with Gasteiger partial charge in [0, 0.05) is 29.7 Å². The van der Waals surface area contributed by atoms with Gasteiger partial charge < -0.3 is 10.2 Å². The Hall–Kier alpha value is -1.55. The first-order valence-electron chi connectivity index (χ1n) is 8.73. The molecule has 0 aromatic heterocycles. The van der Waals surface area contributed by atoms with Gasteiger partial charge in [-0.05, 0) is 43.5 Å². The van der Waals surface area contributed by atoms with E-state index >= 15 is 0 Å². The highest BCUT2D eigenvalue weighted by Crippen LogP contribution is 2.26. The number of nitrogens with one attached hydrogen (secondary N) is 1. The van der Waals surface area contributed by atoms with Crippen molar-refractivity contribution in [3.63, 3.8) is 0 Å². The fourth-order valence-corrected chi connectivity index (χ4v) is 3.14. The van der Waals surface area contributed by atoms with Crippen molar-refractivity contribution in [2.24, 2.45) is 11.8 Å². The Labute approximate surface area is 149 Å². The number of halogens is 1. The Kier molecular flexibility index (Phi) is 6.67. The zero-order valence-corrected chi connectivity index (χ0v) is 15.5. The lowest BCUT2D eigenvalue weighted by molar-refractivity contribution is -0.126. The quantitative estimate of drug-likeness (QED) is 0.807. The normalized spacial score (nSPS) is 19.0. The molecule has 0 unspecified atom stereocenters. The van der Waals surface area contributed by atoms with Crippen LogP contribution in [-0.2, 0) is 9.59 Å². The molecule has 1 saturated heterocycles. The predicted molar refractivity (Wildman–Crippen MR) is 98.2 cm³/mol. The van der Waals surface area contributed by atoms with Crippen LogP contribution in [0.1, 0.15) is 46.5 Å². The molecule has 0 aliphatic carbocycles. The second-order valence-corrected chi connectivity index (χ2v) is 7.55. The molecule has 1 aromatic rings. The highest BCUT2D eigenvalue weighted by atomic mass is 35.5. The number of carbonyl (C=O) groups is 2. The Bertz CT molecular complexity index is 571. The summed E-state index contributed by atoms with van der Waals surface area (Å²) in [5.74, 6) is 0.385. The van der Waals surface area contributed by atoms with Gasteiger partial charge in [-0.2, -0.15) is 0 Å². The number of benzene rings is 1. The molecule has 1 aliphatic heterocycles. The second kappa shape index (κ2) is 8.52. The molecule has 1 aromatic carbocycles. The minimum atomic E-state index is -0.277. The van der Waals surface area contributed by atoms with Gasteiger partial charge in [0.15, 0.2) is 0 Å². The molecule has 1 heterocycles. The number of hydrogen-bond donors (Lipinski definition) is 1. The van der Waals surface area contributed by atoms with E-state index in [4.69, 9.17) is 11.6 Å². The standard InChI is InChI=1S/C19H27ClN2O2/c1-13(2)5-4-6-14(3)21-19(24)15-11-18(23)22(12-15)17-9-7-16(20)8-10-17/h7-10,13-15H,4-6,11-12H2,1-3H3,(H,21,24)/t14-,15+/m0/s1. The Morgan fingerprint density at radius 2 is 1.92 bits per heavy atom. The Morgan fingerprint density at radius 1 is 1.25 bits per heavy atom. The minimum Gasteiger partial charge on any atom is -0.353 e. The summed E-state index contributed by atoms with van der Waals surface area (Å²) in [5.41, 5.74) is 0.796. The third-order valence-corrected chi connectivity index (χ3v) is 4.69. The average Bonchev–Trinajstić information content (AvgIpc) is 2.90. The Balaban J connectivity index is 1.85. The number of amides is 2. The van der Waals surface area contributed by atoms with E-state index < -0.39 is 0 Å². The number of anilines is 1. The van der Waals surface area contributed by atoms with Crippen molar-refractivity contribution in [2.45, 2.75) is 52.5 Å². The smallest absolute Gasteiger partial charge is 0.227 e. The van der Waals surface area contributed by atoms with E-state index in [0.717, 1.165) is 18.5 Å². The van der Waals surface area contributed by atoms with Crippen molar-refractivity contribution in [2.75, 3.05) is 11.4 Å². The molecular formula is C19H27ClN2O2. The maximum Gasteiger partial charge on any atom is 0.227 e. The molecule has 5 heteroatoms. The van der Waals surface area contributed by atoms with Gasteiger partial charge in [0.2, 0.25) is 11.8 Å². The van der Waals surface area contributed by atoms with Crippen LogP contribution in [0.5, 0.6) is 0 Å². The topological polar surface area (TPSA) is 49.4 Å². The lowest BCUT2D eigenvalue weighted by Gasteiger charge is -2.19. The SMILES string of the molecule is CC(C)CCC[C@H](C)NC(=O)[C@@H]1CC(=O)N(c2ccc(Cl)cc2)C1. The van der Waals surface area contributed by atoms with Crippen molar-refractivity contribution in [3.8, 4) is 0 Å². The van der Waals surface area contributed by atoms with E-state index in [1.807, 2.05) is 19.1 Å². The molecule has 24 heavy (non-hydrogen) atoms. The molecule has 1 fully saturated rings. The van der Waals surface area contributed by atoms with Crippen LogP contribution >= 0.6 is 11.6 Å². The van der Waals surface area contributed by atoms with E-state index in [2.05, 4.69) is 19.2 Å². The van der Waals surface area contributed by atoms with E-state index in [-0.39, 0.29) is 30.2 Å². The largest absolute Gasteiger partial charge is 0.353 e. The van der Waals surface area contributed by atoms with Crippen molar-refractivity contribution in [1.82, 2.24) is 5.32 Å². The maximum absolute atomic E-state index is 12.4. The van der Waals surface area contributed by atoms with Gasteiger partial charge in [-0.3, -0.25) is 9.59 Å². The van der Waals surface area contributed by atoms with Crippen LogP contribution in [0.4, 0.5) is 5.69 Å². The third-order valence-electron chi connectivity index (χ3n) is 4.44. The van der Waals surface area contributed by atoms with Crippen LogP contribution in [0, 0.1) is 11.8 Å². The summed E-state index contributed by atoms with van der Waals surface area (Å²) in [5, 5.41) is 3.69. The third kappa shape index (κ3) is 5.23. The summed E-state index contributed by atoms with van der Waals surface area (Å²) >= 11 is 5.88. The van der Waals surface area contributed by atoms with Gasteiger partial charge in [-0.1, -0.05) is 38.3 Å². The van der Waals surface area contributed by atoms with E-state index in [1.165, 1.54) is 6.42 Å². The van der Waals surface area contributed by atoms with Crippen molar-refractivity contribution >= 4 is 29.1 Å². The van der Waals surface area contributed by atoms with E-state index in [9.17, 15) is 9.59 Å². The van der Waals surface area contributed by atoms with E-state index in [0.29, 0.717) is 17.5 Å². The summed E-state index contributed by atoms with van der Waals surface area (Å²) < 4.78 is 0. The highest BCUT2D eigenvalue weighted by Gasteiger charge is 2.35. The highest BCUT2D eigenvalue weighted by molar-refractivity contribution is 6.30. The van der Waals surface area contributed by atoms with Gasteiger partial charge >= 0.3 is 0 Å². The first-order chi connectivity index (χ1) is 11.4. The summed E-state index contributed by atoms with van der Waals surface area (Å²) in [6.45, 7) is 6.88. The molecule has 4 nitrogen and oxygen atoms in total. The number of nitrogens with zero attached hydrogens (tertiary/aromatic N) is 1. The van der Waals surface area contributed by atoms with Crippen molar-refractivity contribution < 1.29 is 9.59 Å². The van der Waals surface area contributed by atoms with Crippen LogP contribution in [0.2, 0.25) is 5.02 Å². The molecule has 0 radical (unpaired) electrons. The molecule has 0 saturated carbocycles. The van der Waals surface area contributed by atoms with Gasteiger partial charge in [0.1, 0.15) is 0 Å². The van der Waals surface area contributed by atoms with Crippen LogP contribution in [0.25, 0.3) is 0 Å². The number of rotatable bonds is 7. The van der Waals surface area contributed by atoms with Gasteiger partial charge in [0.25, 0.3) is 0 Å². The molecule has 1 aliphatic rings. The maximum atomic E-state index is 12.4. The van der Waals surface area contributed by atoms with Crippen LogP contribution < -0.4 is 10.2 Å². The van der Waals surface area contributed by atoms with Crippen molar-refractivity contribution in [3.05, 3.63) is 29.3 Å². The molecule has 0 spiro atoms. The molecule has 2 amide bonds. The summed E-state index contributed by atoms with van der Waals surface area (Å²) in [4.78, 5) is 26.3. The molecule has 1 N–H and O–H groups in total.